The van der Waals surface area contributed by atoms with Crippen LogP contribution in [0.1, 0.15) is 21.5 Å². The van der Waals surface area contributed by atoms with E-state index in [2.05, 4.69) is 37.2 Å². The standard InChI is InChI=1S/C18H9Br2ClF9NO/c1-7-3-2-4-9(12(7)21)14(32)31-13-10(19)5-8(6-11(13)20)15(22,17(25,26)27)16(23,24)18(28,29)30/h2-6H,1H3,(H,31,32). The molecule has 1 N–H and O–H groups in total. The van der Waals surface area contributed by atoms with Crippen molar-refractivity contribution in [2.75, 3.05) is 5.32 Å². The van der Waals surface area contributed by atoms with Crippen LogP contribution in [0.5, 0.6) is 0 Å². The molecular formula is C18H9Br2ClF9NO. The van der Waals surface area contributed by atoms with E-state index in [0.29, 0.717) is 5.56 Å². The Balaban J connectivity index is 2.60. The molecule has 0 spiro atoms. The molecular weight excluding hydrogens is 612 g/mol. The first-order chi connectivity index (χ1) is 14.4. The summed E-state index contributed by atoms with van der Waals surface area (Å²) in [4.78, 5) is 12.5. The second-order valence-corrected chi connectivity index (χ2v) is 8.52. The highest BCUT2D eigenvalue weighted by Gasteiger charge is 2.81. The van der Waals surface area contributed by atoms with Crippen molar-refractivity contribution >= 4 is 55.1 Å². The molecule has 0 aliphatic heterocycles. The van der Waals surface area contributed by atoms with Crippen LogP contribution in [-0.4, -0.2) is 24.2 Å². The van der Waals surface area contributed by atoms with Gasteiger partial charge in [-0.15, -0.1) is 0 Å². The number of halogens is 12. The van der Waals surface area contributed by atoms with Crippen molar-refractivity contribution in [3.63, 3.8) is 0 Å². The zero-order chi connectivity index (χ0) is 24.9. The fourth-order valence-corrected chi connectivity index (χ4v) is 4.21. The van der Waals surface area contributed by atoms with Crippen molar-refractivity contribution in [1.29, 1.82) is 0 Å². The molecule has 0 aliphatic carbocycles. The van der Waals surface area contributed by atoms with E-state index in [1.807, 2.05) is 0 Å². The van der Waals surface area contributed by atoms with Gasteiger partial charge in [-0.3, -0.25) is 4.79 Å². The Morgan fingerprint density at radius 1 is 0.906 bits per heavy atom. The Kier molecular flexibility index (Phi) is 7.29. The first-order valence-electron chi connectivity index (χ1n) is 8.12. The van der Waals surface area contributed by atoms with Crippen molar-refractivity contribution in [1.82, 2.24) is 0 Å². The summed E-state index contributed by atoms with van der Waals surface area (Å²) in [5.74, 6) is -7.70. The summed E-state index contributed by atoms with van der Waals surface area (Å²) in [5.41, 5.74) is -8.08. The highest BCUT2D eigenvalue weighted by Crippen LogP contribution is 2.59. The highest BCUT2D eigenvalue weighted by atomic mass is 79.9. The SMILES string of the molecule is Cc1cccc(C(=O)Nc2c(Br)cc(C(F)(C(F)(F)F)C(F)(F)C(F)(F)F)cc2Br)c1Cl. The molecule has 0 fully saturated rings. The van der Waals surface area contributed by atoms with Crippen molar-refractivity contribution in [3.05, 3.63) is 61.0 Å². The molecule has 1 atom stereocenters. The molecule has 0 radical (unpaired) electrons. The van der Waals surface area contributed by atoms with Gasteiger partial charge in [0.15, 0.2) is 0 Å². The Hall–Kier alpha value is -1.47. The molecule has 2 aromatic carbocycles. The van der Waals surface area contributed by atoms with Crippen LogP contribution in [0, 0.1) is 6.92 Å². The molecule has 32 heavy (non-hydrogen) atoms. The normalized spacial score (nSPS) is 14.8. The minimum atomic E-state index is -6.86. The topological polar surface area (TPSA) is 29.1 Å². The van der Waals surface area contributed by atoms with E-state index in [-0.39, 0.29) is 28.4 Å². The number of benzene rings is 2. The number of carbonyl (C=O) groups excluding carboxylic acids is 1. The lowest BCUT2D eigenvalue weighted by Gasteiger charge is -2.36. The lowest BCUT2D eigenvalue weighted by Crippen LogP contribution is -2.59. The molecule has 0 bridgehead atoms. The predicted molar refractivity (Wildman–Crippen MR) is 106 cm³/mol. The van der Waals surface area contributed by atoms with Gasteiger partial charge in [0.25, 0.3) is 5.91 Å². The molecule has 1 unspecified atom stereocenters. The monoisotopic (exact) mass is 619 g/mol. The fraction of sp³-hybridized carbons (Fsp3) is 0.278. The number of carbonyl (C=O) groups is 1. The molecule has 0 aromatic heterocycles. The third kappa shape index (κ3) is 4.47. The van der Waals surface area contributed by atoms with Gasteiger partial charge in [0, 0.05) is 14.5 Å². The molecule has 0 saturated heterocycles. The number of aryl methyl sites for hydroxylation is 1. The molecule has 176 valence electrons. The third-order valence-electron chi connectivity index (χ3n) is 4.29. The summed E-state index contributed by atoms with van der Waals surface area (Å²) in [6.07, 6.45) is -13.5. The second kappa shape index (κ2) is 8.71. The van der Waals surface area contributed by atoms with E-state index in [9.17, 15) is 44.3 Å². The lowest BCUT2D eigenvalue weighted by atomic mass is 9.87. The van der Waals surface area contributed by atoms with E-state index < -0.39 is 44.4 Å². The lowest BCUT2D eigenvalue weighted by molar-refractivity contribution is -0.389. The summed E-state index contributed by atoms with van der Waals surface area (Å²) in [6, 6.07) is 4.51. The summed E-state index contributed by atoms with van der Waals surface area (Å²) in [5, 5.41) is 2.26. The maximum Gasteiger partial charge on any atom is 0.457 e. The zero-order valence-corrected chi connectivity index (χ0v) is 19.3. The second-order valence-electron chi connectivity index (χ2n) is 6.43. The van der Waals surface area contributed by atoms with Gasteiger partial charge in [0.1, 0.15) is 0 Å². The largest absolute Gasteiger partial charge is 0.457 e. The van der Waals surface area contributed by atoms with Crippen LogP contribution in [0.15, 0.2) is 39.3 Å². The molecule has 14 heteroatoms. The Morgan fingerprint density at radius 3 is 1.84 bits per heavy atom. The van der Waals surface area contributed by atoms with Crippen LogP contribution in [0.2, 0.25) is 5.02 Å². The van der Waals surface area contributed by atoms with Crippen LogP contribution < -0.4 is 5.32 Å². The molecule has 0 saturated carbocycles. The maximum absolute atomic E-state index is 14.7. The molecule has 2 rings (SSSR count). The first kappa shape index (κ1) is 26.8. The van der Waals surface area contributed by atoms with E-state index in [4.69, 9.17) is 11.6 Å². The predicted octanol–water partition coefficient (Wildman–Crippen LogP) is 8.35. The number of amides is 1. The third-order valence-corrected chi connectivity index (χ3v) is 6.05. The first-order valence-corrected chi connectivity index (χ1v) is 10.1. The van der Waals surface area contributed by atoms with Gasteiger partial charge in [-0.25, -0.2) is 4.39 Å². The van der Waals surface area contributed by atoms with Gasteiger partial charge in [-0.1, -0.05) is 23.7 Å². The minimum absolute atomic E-state index is 0.0403. The molecule has 2 aromatic rings. The van der Waals surface area contributed by atoms with Crippen LogP contribution >= 0.6 is 43.5 Å². The Morgan fingerprint density at radius 2 is 1.41 bits per heavy atom. The van der Waals surface area contributed by atoms with Gasteiger partial charge in [0.05, 0.1) is 16.3 Å². The van der Waals surface area contributed by atoms with Crippen LogP contribution in [0.4, 0.5) is 45.2 Å². The van der Waals surface area contributed by atoms with Crippen LogP contribution in [0.3, 0.4) is 0 Å². The zero-order valence-electron chi connectivity index (χ0n) is 15.3. The smallest absolute Gasteiger partial charge is 0.320 e. The average molecular weight is 622 g/mol. The van der Waals surface area contributed by atoms with Crippen LogP contribution in [0.25, 0.3) is 0 Å². The number of hydrogen-bond donors (Lipinski definition) is 1. The van der Waals surface area contributed by atoms with Crippen molar-refractivity contribution < 1.29 is 44.3 Å². The minimum Gasteiger partial charge on any atom is -0.320 e. The van der Waals surface area contributed by atoms with E-state index >= 15 is 0 Å². The molecule has 0 aliphatic rings. The maximum atomic E-state index is 14.7. The number of nitrogens with one attached hydrogen (secondary N) is 1. The summed E-state index contributed by atoms with van der Waals surface area (Å²) < 4.78 is 119. The fourth-order valence-electron chi connectivity index (χ4n) is 2.61. The molecule has 1 amide bonds. The average Bonchev–Trinajstić information content (AvgIpc) is 2.63. The molecule has 0 heterocycles. The number of hydrogen-bond acceptors (Lipinski definition) is 1. The van der Waals surface area contributed by atoms with Gasteiger partial charge in [-0.2, -0.15) is 35.1 Å². The van der Waals surface area contributed by atoms with Crippen molar-refractivity contribution in [2.24, 2.45) is 0 Å². The van der Waals surface area contributed by atoms with Crippen molar-refractivity contribution in [2.45, 2.75) is 30.9 Å². The van der Waals surface area contributed by atoms with E-state index in [0.717, 1.165) is 0 Å². The van der Waals surface area contributed by atoms with Crippen molar-refractivity contribution in [3.8, 4) is 0 Å². The number of alkyl halides is 9. The summed E-state index contributed by atoms with van der Waals surface area (Å²) in [7, 11) is 0. The van der Waals surface area contributed by atoms with E-state index in [1.54, 1.807) is 13.0 Å². The van der Waals surface area contributed by atoms with Crippen LogP contribution in [-0.2, 0) is 5.67 Å². The summed E-state index contributed by atoms with van der Waals surface area (Å²) in [6.45, 7) is 1.58. The Labute approximate surface area is 196 Å². The molecule has 2 nitrogen and oxygen atoms in total. The quantitative estimate of drug-likeness (QED) is 0.342. The van der Waals surface area contributed by atoms with Gasteiger partial charge in [0.2, 0.25) is 0 Å². The van der Waals surface area contributed by atoms with Gasteiger partial charge in [-0.05, 0) is 62.5 Å². The van der Waals surface area contributed by atoms with Gasteiger partial charge < -0.3 is 5.32 Å². The highest BCUT2D eigenvalue weighted by molar-refractivity contribution is 9.11. The summed E-state index contributed by atoms with van der Waals surface area (Å²) >= 11 is 11.4. The number of rotatable bonds is 4. The van der Waals surface area contributed by atoms with Gasteiger partial charge >= 0.3 is 23.9 Å². The van der Waals surface area contributed by atoms with E-state index in [1.165, 1.54) is 12.1 Å². The Bertz CT molecular complexity index is 1030. The number of anilines is 1.